The summed E-state index contributed by atoms with van der Waals surface area (Å²) < 4.78 is 5.39. The van der Waals surface area contributed by atoms with Crippen molar-refractivity contribution in [1.82, 2.24) is 0 Å². The Kier molecular flexibility index (Phi) is 2.60. The van der Waals surface area contributed by atoms with Crippen molar-refractivity contribution >= 4 is 6.29 Å². The summed E-state index contributed by atoms with van der Waals surface area (Å²) >= 11 is 0. The summed E-state index contributed by atoms with van der Waals surface area (Å²) in [5.41, 5.74) is -1.02. The number of carbonyl (C=O) groups is 1. The molecule has 0 amide bonds. The zero-order valence-electron chi connectivity index (χ0n) is 9.54. The van der Waals surface area contributed by atoms with Crippen LogP contribution in [0.3, 0.4) is 0 Å². The highest BCUT2D eigenvalue weighted by atomic mass is 16.5. The van der Waals surface area contributed by atoms with Crippen molar-refractivity contribution in [3.05, 3.63) is 23.3 Å². The summed E-state index contributed by atoms with van der Waals surface area (Å²) in [4.78, 5) is 10.7. The Morgan fingerprint density at radius 2 is 2.06 bits per heavy atom. The lowest BCUT2D eigenvalue weighted by Crippen LogP contribution is -2.41. The average Bonchev–Trinajstić information content (AvgIpc) is 2.57. The molecule has 0 saturated carbocycles. The van der Waals surface area contributed by atoms with Gasteiger partial charge in [-0.3, -0.25) is 4.79 Å². The number of aldehydes is 1. The van der Waals surface area contributed by atoms with E-state index in [2.05, 4.69) is 0 Å². The van der Waals surface area contributed by atoms with E-state index < -0.39 is 17.8 Å². The number of carbonyl (C=O) groups excluding carboxylic acids is 1. The summed E-state index contributed by atoms with van der Waals surface area (Å²) in [7, 11) is 0. The van der Waals surface area contributed by atoms with E-state index in [0.29, 0.717) is 6.29 Å². The van der Waals surface area contributed by atoms with Crippen molar-refractivity contribution in [1.29, 1.82) is 0 Å². The van der Waals surface area contributed by atoms with Crippen molar-refractivity contribution in [2.45, 2.75) is 31.7 Å². The highest BCUT2D eigenvalue weighted by Crippen LogP contribution is 2.45. The second-order valence-corrected chi connectivity index (χ2v) is 4.67. The maximum Gasteiger partial charge on any atom is 0.157 e. The molecule has 92 valence electrons. The van der Waals surface area contributed by atoms with E-state index in [1.807, 2.05) is 0 Å². The van der Waals surface area contributed by atoms with Crippen LogP contribution in [-0.2, 0) is 0 Å². The van der Waals surface area contributed by atoms with E-state index in [4.69, 9.17) is 4.74 Å². The van der Waals surface area contributed by atoms with Gasteiger partial charge in [-0.1, -0.05) is 0 Å². The molecule has 0 saturated heterocycles. The molecule has 17 heavy (non-hydrogen) atoms. The van der Waals surface area contributed by atoms with Gasteiger partial charge < -0.3 is 20.1 Å². The molecule has 0 aromatic heterocycles. The van der Waals surface area contributed by atoms with Crippen LogP contribution in [0.15, 0.2) is 12.1 Å². The number of hydrogen-bond acceptors (Lipinski definition) is 5. The Balaban J connectivity index is 2.49. The first-order valence-corrected chi connectivity index (χ1v) is 5.24. The molecule has 0 bridgehead atoms. The summed E-state index contributed by atoms with van der Waals surface area (Å²) in [6.45, 7) is 3.01. The van der Waals surface area contributed by atoms with Gasteiger partial charge in [-0.2, -0.15) is 0 Å². The fourth-order valence-electron chi connectivity index (χ4n) is 1.97. The minimum absolute atomic E-state index is 0.0859. The number of hydrogen-bond donors (Lipinski definition) is 3. The molecule has 0 unspecified atom stereocenters. The van der Waals surface area contributed by atoms with Crippen LogP contribution in [0.2, 0.25) is 0 Å². The topological polar surface area (TPSA) is 87.0 Å². The van der Waals surface area contributed by atoms with Gasteiger partial charge in [0.15, 0.2) is 12.4 Å². The first kappa shape index (κ1) is 11.9. The van der Waals surface area contributed by atoms with Crippen LogP contribution < -0.4 is 4.74 Å². The molecule has 1 aromatic rings. The number of fused-ring (bicyclic) bond motifs is 1. The van der Waals surface area contributed by atoms with Gasteiger partial charge in [0.1, 0.15) is 17.6 Å². The van der Waals surface area contributed by atoms with Crippen molar-refractivity contribution in [3.63, 3.8) is 0 Å². The number of phenols is 1. The predicted molar refractivity (Wildman–Crippen MR) is 59.2 cm³/mol. The predicted octanol–water partition coefficient (Wildman–Crippen LogP) is 0.770. The largest absolute Gasteiger partial charge is 0.507 e. The fraction of sp³-hybridized carbons (Fsp3) is 0.417. The number of rotatable bonds is 2. The minimum Gasteiger partial charge on any atom is -0.507 e. The first-order chi connectivity index (χ1) is 7.86. The van der Waals surface area contributed by atoms with Gasteiger partial charge in [0, 0.05) is 0 Å². The van der Waals surface area contributed by atoms with E-state index in [0.717, 1.165) is 0 Å². The Bertz CT molecular complexity index is 461. The summed E-state index contributed by atoms with van der Waals surface area (Å²) in [6.07, 6.45) is -1.53. The fourth-order valence-corrected chi connectivity index (χ4v) is 1.97. The van der Waals surface area contributed by atoms with Gasteiger partial charge in [-0.15, -0.1) is 0 Å². The molecule has 1 heterocycles. The summed E-state index contributed by atoms with van der Waals surface area (Å²) in [6, 6.07) is 2.90. The van der Waals surface area contributed by atoms with Crippen molar-refractivity contribution in [2.75, 3.05) is 0 Å². The van der Waals surface area contributed by atoms with Crippen molar-refractivity contribution in [2.24, 2.45) is 0 Å². The molecular formula is C12H14O5. The molecule has 3 N–H and O–H groups in total. The molecule has 2 rings (SSSR count). The molecular weight excluding hydrogens is 224 g/mol. The number of phenolic OH excluding ortho intramolecular Hbond substituents is 1. The molecule has 1 aromatic carbocycles. The second-order valence-electron chi connectivity index (χ2n) is 4.67. The molecule has 0 fully saturated rings. The Hall–Kier alpha value is -1.59. The lowest BCUT2D eigenvalue weighted by molar-refractivity contribution is -0.0764. The van der Waals surface area contributed by atoms with Gasteiger partial charge >= 0.3 is 0 Å². The molecule has 0 aliphatic carbocycles. The van der Waals surface area contributed by atoms with Gasteiger partial charge in [-0.25, -0.2) is 0 Å². The molecule has 0 spiro atoms. The van der Waals surface area contributed by atoms with Gasteiger partial charge in [0.05, 0.1) is 16.7 Å². The van der Waals surface area contributed by atoms with Crippen molar-refractivity contribution in [3.8, 4) is 11.5 Å². The van der Waals surface area contributed by atoms with Crippen LogP contribution in [0.1, 0.15) is 35.9 Å². The Morgan fingerprint density at radius 1 is 1.41 bits per heavy atom. The summed E-state index contributed by atoms with van der Waals surface area (Å²) in [5.74, 6) is -0.00975. The van der Waals surface area contributed by atoms with Gasteiger partial charge in [-0.05, 0) is 26.0 Å². The van der Waals surface area contributed by atoms with Gasteiger partial charge in [0.25, 0.3) is 0 Å². The van der Waals surface area contributed by atoms with E-state index in [-0.39, 0.29) is 22.6 Å². The minimum atomic E-state index is -1.26. The van der Waals surface area contributed by atoms with Crippen LogP contribution in [0.25, 0.3) is 0 Å². The Morgan fingerprint density at radius 3 is 2.59 bits per heavy atom. The number of ether oxygens (including phenoxy) is 1. The van der Waals surface area contributed by atoms with Crippen LogP contribution >= 0.6 is 0 Å². The van der Waals surface area contributed by atoms with Crippen LogP contribution in [0.4, 0.5) is 0 Å². The number of aliphatic hydroxyl groups is 2. The standard InChI is InChI=1S/C12H14O5/c1-12(2,16)11-10(15)8-7(17-11)4-3-6(5-13)9(8)14/h3-5,10-11,14-16H,1-2H3/t10-,11-/m1/s1. The van der Waals surface area contributed by atoms with Crippen LogP contribution in [0.5, 0.6) is 11.5 Å². The third-order valence-corrected chi connectivity index (χ3v) is 2.87. The quantitative estimate of drug-likeness (QED) is 0.662. The SMILES string of the molecule is CC(C)(O)[C@@H]1Oc2ccc(C=O)c(O)c2[C@H]1O. The van der Waals surface area contributed by atoms with E-state index in [1.54, 1.807) is 0 Å². The molecule has 5 nitrogen and oxygen atoms in total. The third kappa shape index (κ3) is 1.77. The highest BCUT2D eigenvalue weighted by molar-refractivity contribution is 5.81. The zero-order chi connectivity index (χ0) is 12.8. The highest BCUT2D eigenvalue weighted by Gasteiger charge is 2.44. The van der Waals surface area contributed by atoms with E-state index >= 15 is 0 Å². The smallest absolute Gasteiger partial charge is 0.157 e. The maximum absolute atomic E-state index is 10.7. The number of aromatic hydroxyl groups is 1. The number of benzene rings is 1. The molecule has 5 heteroatoms. The van der Waals surface area contributed by atoms with Crippen LogP contribution in [0, 0.1) is 0 Å². The maximum atomic E-state index is 10.7. The average molecular weight is 238 g/mol. The van der Waals surface area contributed by atoms with E-state index in [1.165, 1.54) is 26.0 Å². The molecule has 1 aliphatic heterocycles. The second kappa shape index (κ2) is 3.72. The summed E-state index contributed by atoms with van der Waals surface area (Å²) in [5, 5.41) is 29.7. The molecule has 0 radical (unpaired) electrons. The normalized spacial score (nSPS) is 23.1. The monoisotopic (exact) mass is 238 g/mol. The molecule has 2 atom stereocenters. The Labute approximate surface area is 98.3 Å². The number of aliphatic hydroxyl groups excluding tert-OH is 1. The molecule has 1 aliphatic rings. The first-order valence-electron chi connectivity index (χ1n) is 5.24. The lowest BCUT2D eigenvalue weighted by atomic mass is 9.93. The van der Waals surface area contributed by atoms with Gasteiger partial charge in [0.2, 0.25) is 0 Å². The third-order valence-electron chi connectivity index (χ3n) is 2.87. The van der Waals surface area contributed by atoms with E-state index in [9.17, 15) is 20.1 Å². The van der Waals surface area contributed by atoms with Crippen LogP contribution in [-0.4, -0.2) is 33.3 Å². The lowest BCUT2D eigenvalue weighted by Gasteiger charge is -2.27. The zero-order valence-corrected chi connectivity index (χ0v) is 9.54. The van der Waals surface area contributed by atoms with Crippen molar-refractivity contribution < 1.29 is 24.9 Å².